The molecule has 19 heavy (non-hydrogen) atoms. The third kappa shape index (κ3) is 5.67. The molecule has 0 saturated carbocycles. The molecule has 0 unspecified atom stereocenters. The Labute approximate surface area is 119 Å². The van der Waals surface area contributed by atoms with Crippen LogP contribution in [0, 0.1) is 0 Å². The fraction of sp³-hybridized carbons (Fsp3) is 0.385. The maximum atomic E-state index is 5.59. The van der Waals surface area contributed by atoms with Gasteiger partial charge in [-0.15, -0.1) is 0 Å². The summed E-state index contributed by atoms with van der Waals surface area (Å²) in [6.45, 7) is 4.78. The number of nitrogens with two attached hydrogens (primary N) is 1. The van der Waals surface area contributed by atoms with Gasteiger partial charge in [0.2, 0.25) is 5.11 Å². The Kier molecular flexibility index (Phi) is 6.84. The minimum absolute atomic E-state index is 0.277. The van der Waals surface area contributed by atoms with Gasteiger partial charge in [-0.3, -0.25) is 10.9 Å². The number of thiocarbonyl (C=S) groups is 1. The molecule has 104 valence electrons. The Balaban J connectivity index is 2.57. The summed E-state index contributed by atoms with van der Waals surface area (Å²) in [6, 6.07) is 7.79. The molecule has 0 spiro atoms. The molecule has 1 aromatic rings. The monoisotopic (exact) mass is 280 g/mol. The number of nitrogens with zero attached hydrogens (tertiary/aromatic N) is 1. The molecule has 0 aromatic heterocycles. The van der Waals surface area contributed by atoms with Crippen molar-refractivity contribution in [3.63, 3.8) is 0 Å². The van der Waals surface area contributed by atoms with Gasteiger partial charge in [0.05, 0.1) is 12.3 Å². The number of ether oxygens (including phenoxy) is 1. The van der Waals surface area contributed by atoms with Gasteiger partial charge in [0.1, 0.15) is 5.75 Å². The smallest absolute Gasteiger partial charge is 0.201 e. The van der Waals surface area contributed by atoms with E-state index in [9.17, 15) is 0 Å². The van der Waals surface area contributed by atoms with Crippen LogP contribution >= 0.6 is 12.2 Å². The highest BCUT2D eigenvalue weighted by molar-refractivity contribution is 7.80. The van der Waals surface area contributed by atoms with Gasteiger partial charge in [0.15, 0.2) is 0 Å². The first-order valence-corrected chi connectivity index (χ1v) is 6.62. The van der Waals surface area contributed by atoms with Crippen molar-refractivity contribution in [3.8, 4) is 5.75 Å². The van der Waals surface area contributed by atoms with Crippen LogP contribution in [0.3, 0.4) is 0 Å². The first-order chi connectivity index (χ1) is 9.17. The van der Waals surface area contributed by atoms with E-state index in [0.29, 0.717) is 0 Å². The molecule has 4 N–H and O–H groups in total. The quantitative estimate of drug-likeness (QED) is 0.244. The zero-order chi connectivity index (χ0) is 14.1. The fourth-order valence-corrected chi connectivity index (χ4v) is 1.40. The summed E-state index contributed by atoms with van der Waals surface area (Å²) in [5.41, 5.74) is 6.75. The minimum atomic E-state index is 0.277. The first-order valence-electron chi connectivity index (χ1n) is 6.21. The zero-order valence-electron chi connectivity index (χ0n) is 11.3. The predicted octanol–water partition coefficient (Wildman–Crippen LogP) is 1.93. The van der Waals surface area contributed by atoms with E-state index < -0.39 is 0 Å². The van der Waals surface area contributed by atoms with Gasteiger partial charge >= 0.3 is 0 Å². The molecule has 0 saturated heterocycles. The summed E-state index contributed by atoms with van der Waals surface area (Å²) >= 11 is 4.83. The molecule has 0 atom stereocenters. The molecule has 0 aliphatic rings. The first kappa shape index (κ1) is 15.4. The van der Waals surface area contributed by atoms with Crippen LogP contribution in [-0.2, 0) is 0 Å². The molecule has 5 nitrogen and oxygen atoms in total. The number of benzene rings is 1. The van der Waals surface area contributed by atoms with Crippen LogP contribution in [0.25, 0.3) is 0 Å². The van der Waals surface area contributed by atoms with E-state index in [-0.39, 0.29) is 5.11 Å². The van der Waals surface area contributed by atoms with Gasteiger partial charge in [-0.2, -0.15) is 5.10 Å². The molecule has 0 aliphatic carbocycles. The number of hydrogen-bond acceptors (Lipinski definition) is 4. The third-order valence-corrected chi connectivity index (χ3v) is 2.70. The Bertz CT molecular complexity index is 431. The number of rotatable bonds is 6. The molecule has 1 aromatic carbocycles. The number of hydrogen-bond donors (Lipinski definition) is 3. The molecule has 0 heterocycles. The summed E-state index contributed by atoms with van der Waals surface area (Å²) in [6.07, 6.45) is 2.19. The Hall–Kier alpha value is -1.66. The normalized spacial score (nSPS) is 11.0. The molecule has 0 aliphatic heterocycles. The second-order valence-electron chi connectivity index (χ2n) is 4.01. The standard InChI is InChI=1S/C13H20N4OS/c1-3-4-9-18-12-7-5-11(6-8-12)10(2)16-17-13(19)15-14/h5-8H,3-4,9,14H2,1-2H3,(H2,15,17,19)/b16-10+. The lowest BCUT2D eigenvalue weighted by Gasteiger charge is -2.07. The van der Waals surface area contributed by atoms with E-state index >= 15 is 0 Å². The van der Waals surface area contributed by atoms with Crippen LogP contribution in [-0.4, -0.2) is 17.4 Å². The van der Waals surface area contributed by atoms with Crippen LogP contribution in [0.2, 0.25) is 0 Å². The van der Waals surface area contributed by atoms with Crippen LogP contribution in [0.5, 0.6) is 5.75 Å². The Morgan fingerprint density at radius 3 is 2.63 bits per heavy atom. The summed E-state index contributed by atoms with van der Waals surface area (Å²) < 4.78 is 5.59. The zero-order valence-corrected chi connectivity index (χ0v) is 12.1. The van der Waals surface area contributed by atoms with Crippen molar-refractivity contribution >= 4 is 23.0 Å². The molecule has 1 rings (SSSR count). The van der Waals surface area contributed by atoms with E-state index in [1.807, 2.05) is 31.2 Å². The SMILES string of the molecule is CCCCOc1ccc(/C(C)=N/NC(=S)NN)cc1. The molecular formula is C13H20N4OS. The number of nitrogens with one attached hydrogen (secondary N) is 2. The predicted molar refractivity (Wildman–Crippen MR) is 82.1 cm³/mol. The highest BCUT2D eigenvalue weighted by Crippen LogP contribution is 2.13. The van der Waals surface area contributed by atoms with E-state index in [1.165, 1.54) is 0 Å². The average molecular weight is 280 g/mol. The van der Waals surface area contributed by atoms with E-state index in [0.717, 1.165) is 36.5 Å². The maximum absolute atomic E-state index is 5.59. The van der Waals surface area contributed by atoms with Crippen LogP contribution < -0.4 is 21.4 Å². The van der Waals surface area contributed by atoms with Crippen molar-refractivity contribution in [3.05, 3.63) is 29.8 Å². The van der Waals surface area contributed by atoms with Crippen molar-refractivity contribution in [1.82, 2.24) is 10.9 Å². The second kappa shape index (κ2) is 8.44. The van der Waals surface area contributed by atoms with Crippen LogP contribution in [0.1, 0.15) is 32.3 Å². The number of hydrazone groups is 1. The molecule has 0 radical (unpaired) electrons. The Morgan fingerprint density at radius 1 is 1.37 bits per heavy atom. The molecule has 0 bridgehead atoms. The van der Waals surface area contributed by atoms with Crippen molar-refractivity contribution in [2.24, 2.45) is 10.9 Å². The van der Waals surface area contributed by atoms with Gasteiger partial charge in [0, 0.05) is 0 Å². The summed E-state index contributed by atoms with van der Waals surface area (Å²) in [5.74, 6) is 6.01. The lowest BCUT2D eigenvalue weighted by molar-refractivity contribution is 0.309. The van der Waals surface area contributed by atoms with Gasteiger partial charge in [-0.25, -0.2) is 5.84 Å². The molecule has 6 heteroatoms. The van der Waals surface area contributed by atoms with Crippen molar-refractivity contribution < 1.29 is 4.74 Å². The number of hydrazine groups is 1. The van der Waals surface area contributed by atoms with Crippen molar-refractivity contribution in [2.75, 3.05) is 6.61 Å². The van der Waals surface area contributed by atoms with Crippen LogP contribution in [0.15, 0.2) is 29.4 Å². The lowest BCUT2D eigenvalue weighted by Crippen LogP contribution is -2.37. The minimum Gasteiger partial charge on any atom is -0.494 e. The fourth-order valence-electron chi connectivity index (χ4n) is 1.36. The third-order valence-electron chi connectivity index (χ3n) is 2.49. The van der Waals surface area contributed by atoms with Crippen molar-refractivity contribution in [1.29, 1.82) is 0 Å². The van der Waals surface area contributed by atoms with Crippen molar-refractivity contribution in [2.45, 2.75) is 26.7 Å². The van der Waals surface area contributed by atoms with Gasteiger partial charge in [-0.1, -0.05) is 13.3 Å². The highest BCUT2D eigenvalue weighted by atomic mass is 32.1. The topological polar surface area (TPSA) is 71.7 Å². The summed E-state index contributed by atoms with van der Waals surface area (Å²) in [4.78, 5) is 0. The van der Waals surface area contributed by atoms with Gasteiger partial charge in [0.25, 0.3) is 0 Å². The van der Waals surface area contributed by atoms with Gasteiger partial charge < -0.3 is 4.74 Å². The average Bonchev–Trinajstić information content (AvgIpc) is 2.45. The van der Waals surface area contributed by atoms with Gasteiger partial charge in [-0.05, 0) is 55.4 Å². The lowest BCUT2D eigenvalue weighted by atomic mass is 10.1. The second-order valence-corrected chi connectivity index (χ2v) is 4.42. The van der Waals surface area contributed by atoms with E-state index in [2.05, 4.69) is 22.9 Å². The Morgan fingerprint density at radius 2 is 2.05 bits per heavy atom. The summed E-state index contributed by atoms with van der Waals surface area (Å²) in [7, 11) is 0. The maximum Gasteiger partial charge on any atom is 0.201 e. The van der Waals surface area contributed by atoms with E-state index in [1.54, 1.807) is 0 Å². The number of unbranched alkanes of at least 4 members (excludes halogenated alkanes) is 1. The largest absolute Gasteiger partial charge is 0.494 e. The molecular weight excluding hydrogens is 260 g/mol. The highest BCUT2D eigenvalue weighted by Gasteiger charge is 1.99. The van der Waals surface area contributed by atoms with E-state index in [4.69, 9.17) is 22.8 Å². The molecule has 0 amide bonds. The summed E-state index contributed by atoms with van der Waals surface area (Å²) in [5, 5.41) is 4.39. The molecule has 0 fully saturated rings. The van der Waals surface area contributed by atoms with Crippen LogP contribution in [0.4, 0.5) is 0 Å².